The third-order valence-corrected chi connectivity index (χ3v) is 3.09. The van der Waals surface area contributed by atoms with E-state index in [-0.39, 0.29) is 11.9 Å². The largest absolute Gasteiger partial charge is 0.462 e. The summed E-state index contributed by atoms with van der Waals surface area (Å²) in [5.74, 6) is -0.225. The van der Waals surface area contributed by atoms with Gasteiger partial charge in [-0.05, 0) is 31.9 Å². The highest BCUT2D eigenvalue weighted by atomic mass is 16.5. The minimum atomic E-state index is -0.337. The first-order chi connectivity index (χ1) is 10.0. The van der Waals surface area contributed by atoms with Gasteiger partial charge in [0.1, 0.15) is 5.69 Å². The first-order valence-corrected chi connectivity index (χ1v) is 7.00. The molecule has 0 saturated carbocycles. The van der Waals surface area contributed by atoms with Crippen LogP contribution < -0.4 is 0 Å². The van der Waals surface area contributed by atoms with Crippen LogP contribution in [0.2, 0.25) is 0 Å². The molecule has 0 aromatic carbocycles. The summed E-state index contributed by atoms with van der Waals surface area (Å²) in [6.45, 7) is 8.02. The van der Waals surface area contributed by atoms with Crippen molar-refractivity contribution in [3.8, 4) is 11.4 Å². The number of aryl methyl sites for hydroxylation is 1. The second kappa shape index (κ2) is 6.43. The summed E-state index contributed by atoms with van der Waals surface area (Å²) in [5, 5.41) is 0. The Morgan fingerprint density at radius 3 is 2.57 bits per heavy atom. The van der Waals surface area contributed by atoms with Gasteiger partial charge in [-0.3, -0.25) is 9.97 Å². The number of carbonyl (C=O) groups is 1. The van der Waals surface area contributed by atoms with E-state index in [2.05, 4.69) is 15.0 Å². The number of hydrogen-bond acceptors (Lipinski definition) is 5. The minimum absolute atomic E-state index is 0.112. The highest BCUT2D eigenvalue weighted by Crippen LogP contribution is 2.24. The molecular formula is C16H19N3O2. The first kappa shape index (κ1) is 15.1. The van der Waals surface area contributed by atoms with Gasteiger partial charge >= 0.3 is 5.97 Å². The van der Waals surface area contributed by atoms with Crippen LogP contribution >= 0.6 is 0 Å². The number of aromatic nitrogens is 3. The van der Waals surface area contributed by atoms with Gasteiger partial charge in [0.25, 0.3) is 0 Å². The third-order valence-electron chi connectivity index (χ3n) is 3.09. The van der Waals surface area contributed by atoms with Crippen LogP contribution in [0.5, 0.6) is 0 Å². The molecule has 2 aromatic rings. The molecule has 2 heterocycles. The van der Waals surface area contributed by atoms with E-state index in [1.807, 2.05) is 20.8 Å². The van der Waals surface area contributed by atoms with E-state index in [4.69, 9.17) is 4.74 Å². The molecule has 0 aliphatic carbocycles. The van der Waals surface area contributed by atoms with Crippen LogP contribution in [0.25, 0.3) is 11.4 Å². The highest BCUT2D eigenvalue weighted by molar-refractivity contribution is 5.91. The van der Waals surface area contributed by atoms with Gasteiger partial charge in [0, 0.05) is 12.4 Å². The molecule has 0 aliphatic rings. The summed E-state index contributed by atoms with van der Waals surface area (Å²) in [6, 6.07) is 3.54. The van der Waals surface area contributed by atoms with E-state index in [1.165, 1.54) is 0 Å². The Bertz CT molecular complexity index is 654. The number of hydrogen-bond donors (Lipinski definition) is 0. The fourth-order valence-electron chi connectivity index (χ4n) is 2.09. The molecular weight excluding hydrogens is 266 g/mol. The van der Waals surface area contributed by atoms with Gasteiger partial charge in [0.15, 0.2) is 0 Å². The number of nitrogens with zero attached hydrogens (tertiary/aromatic N) is 3. The van der Waals surface area contributed by atoms with Crippen molar-refractivity contribution in [2.75, 3.05) is 6.61 Å². The minimum Gasteiger partial charge on any atom is -0.462 e. The van der Waals surface area contributed by atoms with Crippen molar-refractivity contribution in [2.45, 2.75) is 33.6 Å². The lowest BCUT2D eigenvalue weighted by atomic mass is 10.0. The van der Waals surface area contributed by atoms with Crippen molar-refractivity contribution in [2.24, 2.45) is 0 Å². The molecule has 0 radical (unpaired) electrons. The first-order valence-electron chi connectivity index (χ1n) is 7.00. The van der Waals surface area contributed by atoms with Crippen LogP contribution in [-0.4, -0.2) is 27.5 Å². The molecule has 5 heteroatoms. The maximum Gasteiger partial charge on any atom is 0.339 e. The average Bonchev–Trinajstić information content (AvgIpc) is 2.47. The maximum absolute atomic E-state index is 12.0. The quantitative estimate of drug-likeness (QED) is 0.807. The molecule has 21 heavy (non-hydrogen) atoms. The third kappa shape index (κ3) is 3.24. The molecule has 0 spiro atoms. The molecule has 0 amide bonds. The predicted octanol–water partition coefficient (Wildman–Crippen LogP) is 3.15. The van der Waals surface area contributed by atoms with Crippen LogP contribution in [0.3, 0.4) is 0 Å². The van der Waals surface area contributed by atoms with Gasteiger partial charge in [0.05, 0.1) is 29.3 Å². The van der Waals surface area contributed by atoms with Crippen molar-refractivity contribution in [1.82, 2.24) is 15.0 Å². The van der Waals surface area contributed by atoms with Crippen LogP contribution in [0, 0.1) is 6.92 Å². The molecule has 0 bridgehead atoms. The smallest absolute Gasteiger partial charge is 0.339 e. The highest BCUT2D eigenvalue weighted by Gasteiger charge is 2.18. The van der Waals surface area contributed by atoms with Gasteiger partial charge in [-0.15, -0.1) is 0 Å². The molecule has 5 nitrogen and oxygen atoms in total. The van der Waals surface area contributed by atoms with Crippen molar-refractivity contribution in [1.29, 1.82) is 0 Å². The van der Waals surface area contributed by atoms with Crippen molar-refractivity contribution < 1.29 is 9.53 Å². The van der Waals surface area contributed by atoms with Gasteiger partial charge in [0.2, 0.25) is 0 Å². The summed E-state index contributed by atoms with van der Waals surface area (Å²) >= 11 is 0. The Hall–Kier alpha value is -2.30. The van der Waals surface area contributed by atoms with Gasteiger partial charge in [-0.25, -0.2) is 9.78 Å². The zero-order valence-electron chi connectivity index (χ0n) is 12.8. The maximum atomic E-state index is 12.0. The fraction of sp³-hybridized carbons (Fsp3) is 0.375. The Morgan fingerprint density at radius 1 is 1.24 bits per heavy atom. The van der Waals surface area contributed by atoms with Gasteiger partial charge in [-0.1, -0.05) is 13.8 Å². The monoisotopic (exact) mass is 285 g/mol. The van der Waals surface area contributed by atoms with E-state index in [0.717, 1.165) is 22.8 Å². The standard InChI is InChI=1S/C16H19N3O2/c1-5-21-16(20)12-6-7-13(19-14(12)10(2)3)15-11(4)17-8-9-18-15/h6-10H,5H2,1-4H3. The van der Waals surface area contributed by atoms with Crippen LogP contribution in [0.1, 0.15) is 48.4 Å². The zero-order chi connectivity index (χ0) is 15.4. The van der Waals surface area contributed by atoms with Crippen molar-refractivity contribution in [3.05, 3.63) is 41.5 Å². The van der Waals surface area contributed by atoms with E-state index >= 15 is 0 Å². The number of ether oxygens (including phenoxy) is 1. The lowest BCUT2D eigenvalue weighted by Crippen LogP contribution is -2.11. The molecule has 0 fully saturated rings. The summed E-state index contributed by atoms with van der Waals surface area (Å²) in [7, 11) is 0. The molecule has 0 saturated heterocycles. The Labute approximate surface area is 124 Å². The van der Waals surface area contributed by atoms with Gasteiger partial charge < -0.3 is 4.74 Å². The molecule has 2 rings (SSSR count). The van der Waals surface area contributed by atoms with E-state index in [1.54, 1.807) is 31.5 Å². The van der Waals surface area contributed by atoms with Crippen LogP contribution in [0.15, 0.2) is 24.5 Å². The Balaban J connectivity index is 2.51. The van der Waals surface area contributed by atoms with Crippen LogP contribution in [-0.2, 0) is 4.74 Å². The van der Waals surface area contributed by atoms with Crippen molar-refractivity contribution >= 4 is 5.97 Å². The lowest BCUT2D eigenvalue weighted by Gasteiger charge is -2.13. The molecule has 2 aromatic heterocycles. The summed E-state index contributed by atoms with van der Waals surface area (Å²) in [5.41, 5.74) is 3.49. The van der Waals surface area contributed by atoms with E-state index in [0.29, 0.717) is 12.2 Å². The topological polar surface area (TPSA) is 65.0 Å². The summed E-state index contributed by atoms with van der Waals surface area (Å²) < 4.78 is 5.08. The predicted molar refractivity (Wildman–Crippen MR) is 80.0 cm³/mol. The van der Waals surface area contributed by atoms with Gasteiger partial charge in [-0.2, -0.15) is 0 Å². The number of esters is 1. The van der Waals surface area contributed by atoms with Crippen LogP contribution in [0.4, 0.5) is 0 Å². The molecule has 110 valence electrons. The van der Waals surface area contributed by atoms with Crippen molar-refractivity contribution in [3.63, 3.8) is 0 Å². The lowest BCUT2D eigenvalue weighted by molar-refractivity contribution is 0.0524. The number of rotatable bonds is 4. The summed E-state index contributed by atoms with van der Waals surface area (Å²) in [6.07, 6.45) is 3.29. The second-order valence-corrected chi connectivity index (χ2v) is 4.99. The van der Waals surface area contributed by atoms with E-state index in [9.17, 15) is 4.79 Å². The fourth-order valence-corrected chi connectivity index (χ4v) is 2.09. The summed E-state index contributed by atoms with van der Waals surface area (Å²) in [4.78, 5) is 25.1. The number of carbonyl (C=O) groups excluding carboxylic acids is 1. The Kier molecular flexibility index (Phi) is 4.62. The SMILES string of the molecule is CCOC(=O)c1ccc(-c2nccnc2C)nc1C(C)C. The number of pyridine rings is 1. The van der Waals surface area contributed by atoms with E-state index < -0.39 is 0 Å². The molecule has 0 atom stereocenters. The molecule has 0 unspecified atom stereocenters. The normalized spacial score (nSPS) is 10.7. The Morgan fingerprint density at radius 2 is 1.95 bits per heavy atom. The molecule has 0 N–H and O–H groups in total. The zero-order valence-corrected chi connectivity index (χ0v) is 12.8. The second-order valence-electron chi connectivity index (χ2n) is 4.99. The molecule has 0 aliphatic heterocycles. The average molecular weight is 285 g/mol.